The van der Waals surface area contributed by atoms with Crippen LogP contribution in [-0.4, -0.2) is 59.8 Å². The molecular formula is C24H28FN3O6S2. The van der Waals surface area contributed by atoms with E-state index in [-0.39, 0.29) is 40.0 Å². The van der Waals surface area contributed by atoms with Crippen molar-refractivity contribution in [3.8, 4) is 17.5 Å². The molecule has 2 aliphatic heterocycles. The summed E-state index contributed by atoms with van der Waals surface area (Å²) in [5, 5.41) is -0.645. The lowest BCUT2D eigenvalue weighted by atomic mass is 10.0. The molecule has 1 aromatic heterocycles. The Bertz CT molecular complexity index is 1390. The summed E-state index contributed by atoms with van der Waals surface area (Å²) in [6.45, 7) is 1.70. The van der Waals surface area contributed by atoms with Crippen molar-refractivity contribution in [1.82, 2.24) is 14.3 Å². The fourth-order valence-electron chi connectivity index (χ4n) is 5.35. The lowest BCUT2D eigenvalue weighted by Crippen LogP contribution is -2.50. The van der Waals surface area contributed by atoms with Crippen molar-refractivity contribution < 1.29 is 30.7 Å². The van der Waals surface area contributed by atoms with Crippen LogP contribution in [0.25, 0.3) is 0 Å². The minimum absolute atomic E-state index is 0.0528. The molecule has 3 heterocycles. The molecule has 9 nitrogen and oxygen atoms in total. The maximum atomic E-state index is 14.7. The van der Waals surface area contributed by atoms with Gasteiger partial charge < -0.3 is 9.47 Å². The maximum Gasteiger partial charge on any atom is 0.229 e. The molecule has 2 saturated heterocycles. The lowest BCUT2D eigenvalue weighted by molar-refractivity contribution is 0.0906. The smallest absolute Gasteiger partial charge is 0.229 e. The van der Waals surface area contributed by atoms with Crippen LogP contribution in [0.4, 0.5) is 4.39 Å². The number of halogens is 1. The summed E-state index contributed by atoms with van der Waals surface area (Å²) in [4.78, 5) is 8.28. The van der Waals surface area contributed by atoms with Gasteiger partial charge in [0.2, 0.25) is 21.8 Å². The Balaban J connectivity index is 1.16. The van der Waals surface area contributed by atoms with E-state index in [9.17, 15) is 21.2 Å². The van der Waals surface area contributed by atoms with E-state index in [0.717, 1.165) is 31.7 Å². The molecule has 4 fully saturated rings. The van der Waals surface area contributed by atoms with Crippen molar-refractivity contribution in [2.24, 2.45) is 0 Å². The highest BCUT2D eigenvalue weighted by Crippen LogP contribution is 2.44. The molecular weight excluding hydrogens is 509 g/mol. The minimum Gasteiger partial charge on any atom is -0.474 e. The number of benzene rings is 1. The molecule has 0 N–H and O–H groups in total. The molecule has 0 amide bonds. The maximum absolute atomic E-state index is 14.7. The molecule has 12 heteroatoms. The van der Waals surface area contributed by atoms with Crippen LogP contribution in [0.3, 0.4) is 0 Å². The van der Waals surface area contributed by atoms with E-state index in [1.807, 2.05) is 0 Å². The van der Waals surface area contributed by atoms with Crippen molar-refractivity contribution in [2.75, 3.05) is 0 Å². The monoisotopic (exact) mass is 537 g/mol. The number of nitrogens with zero attached hydrogens (tertiary/aromatic N) is 3. The van der Waals surface area contributed by atoms with Gasteiger partial charge in [-0.25, -0.2) is 31.2 Å². The second-order valence-electron chi connectivity index (χ2n) is 10.2. The summed E-state index contributed by atoms with van der Waals surface area (Å²) < 4.78 is 78.8. The Morgan fingerprint density at radius 2 is 1.56 bits per heavy atom. The number of sulfonamides is 1. The van der Waals surface area contributed by atoms with Gasteiger partial charge in [-0.1, -0.05) is 0 Å². The van der Waals surface area contributed by atoms with E-state index in [4.69, 9.17) is 9.47 Å². The minimum atomic E-state index is -3.51. The van der Waals surface area contributed by atoms with E-state index < -0.39 is 30.9 Å². The predicted octanol–water partition coefficient (Wildman–Crippen LogP) is 3.52. The molecule has 36 heavy (non-hydrogen) atoms. The summed E-state index contributed by atoms with van der Waals surface area (Å²) in [5.74, 6) is -0.531. The molecule has 2 saturated carbocycles. The van der Waals surface area contributed by atoms with Crippen molar-refractivity contribution in [1.29, 1.82) is 0 Å². The standard InChI is InChI=1S/C24H28FN3O6S2/c1-14-23(33-17-10-15-2-3-16(11-17)28(15)36(31,32)19-6-7-19)26-13-27-24(14)34-22-9-8-20(12-21(22)25)35(29,30)18-4-5-18/h8-9,12-13,15-19H,2-7,10-11H2,1H3/t15-,16?,17+/m0/s1. The third-order valence-electron chi connectivity index (χ3n) is 7.53. The highest BCUT2D eigenvalue weighted by atomic mass is 32.2. The van der Waals surface area contributed by atoms with Crippen LogP contribution in [0.5, 0.6) is 17.5 Å². The third-order valence-corrected chi connectivity index (χ3v) is 12.3. The van der Waals surface area contributed by atoms with Crippen LogP contribution in [0.15, 0.2) is 29.4 Å². The molecule has 0 radical (unpaired) electrons. The van der Waals surface area contributed by atoms with E-state index >= 15 is 0 Å². The lowest BCUT2D eigenvalue weighted by Gasteiger charge is -2.37. The molecule has 194 valence electrons. The van der Waals surface area contributed by atoms with Gasteiger partial charge in [0.15, 0.2) is 21.4 Å². The number of sulfone groups is 1. The number of fused-ring (bicyclic) bond motifs is 2. The molecule has 1 aromatic carbocycles. The highest BCUT2D eigenvalue weighted by molar-refractivity contribution is 7.92. The number of hydrogen-bond donors (Lipinski definition) is 0. The van der Waals surface area contributed by atoms with Crippen LogP contribution in [0, 0.1) is 12.7 Å². The zero-order valence-electron chi connectivity index (χ0n) is 19.8. The molecule has 6 rings (SSSR count). The molecule has 3 atom stereocenters. The van der Waals surface area contributed by atoms with Gasteiger partial charge in [0.25, 0.3) is 0 Å². The van der Waals surface area contributed by atoms with Gasteiger partial charge in [0.05, 0.1) is 21.0 Å². The zero-order chi connectivity index (χ0) is 25.2. The Labute approximate surface area is 210 Å². The largest absolute Gasteiger partial charge is 0.474 e. The van der Waals surface area contributed by atoms with Crippen LogP contribution < -0.4 is 9.47 Å². The predicted molar refractivity (Wildman–Crippen MR) is 128 cm³/mol. The SMILES string of the molecule is Cc1c(Oc2ccc(S(=O)(=O)C3CC3)cc2F)ncnc1O[C@H]1CC2CC[C@@H](C1)N2S(=O)(=O)C1CC1. The van der Waals surface area contributed by atoms with Gasteiger partial charge >= 0.3 is 0 Å². The highest BCUT2D eigenvalue weighted by Gasteiger charge is 2.52. The summed E-state index contributed by atoms with van der Waals surface area (Å²) in [6, 6.07) is 3.50. The van der Waals surface area contributed by atoms with Crippen molar-refractivity contribution in [3.05, 3.63) is 35.9 Å². The average molecular weight is 538 g/mol. The number of ether oxygens (including phenoxy) is 2. The van der Waals surface area contributed by atoms with Gasteiger partial charge in [0, 0.05) is 24.9 Å². The Hall–Kier alpha value is -2.31. The number of piperidine rings is 1. The van der Waals surface area contributed by atoms with Gasteiger partial charge in [-0.3, -0.25) is 0 Å². The first kappa shape index (κ1) is 24.1. The Morgan fingerprint density at radius 3 is 2.17 bits per heavy atom. The van der Waals surface area contributed by atoms with Crippen LogP contribution in [0.2, 0.25) is 0 Å². The second-order valence-corrected chi connectivity index (χ2v) is 14.6. The van der Waals surface area contributed by atoms with Gasteiger partial charge in [-0.2, -0.15) is 4.31 Å². The number of rotatable bonds is 8. The number of aromatic nitrogens is 2. The van der Waals surface area contributed by atoms with E-state index in [1.165, 1.54) is 18.5 Å². The zero-order valence-corrected chi connectivity index (χ0v) is 21.5. The fraction of sp³-hybridized carbons (Fsp3) is 0.583. The normalized spacial score (nSPS) is 26.7. The molecule has 0 spiro atoms. The van der Waals surface area contributed by atoms with Crippen molar-refractivity contribution >= 4 is 19.9 Å². The molecule has 2 bridgehead atoms. The van der Waals surface area contributed by atoms with Crippen molar-refractivity contribution in [2.45, 2.75) is 91.9 Å². The average Bonchev–Trinajstić information content (AvgIpc) is 3.73. The van der Waals surface area contributed by atoms with Gasteiger partial charge in [-0.15, -0.1) is 0 Å². The van der Waals surface area contributed by atoms with Crippen LogP contribution in [-0.2, 0) is 19.9 Å². The topological polar surface area (TPSA) is 116 Å². The summed E-state index contributed by atoms with van der Waals surface area (Å²) in [6.07, 6.45) is 6.62. The fourth-order valence-corrected chi connectivity index (χ4v) is 9.31. The quantitative estimate of drug-likeness (QED) is 0.502. The van der Waals surface area contributed by atoms with Crippen molar-refractivity contribution in [3.63, 3.8) is 0 Å². The van der Waals surface area contributed by atoms with Crippen LogP contribution in [0.1, 0.15) is 56.9 Å². The Kier molecular flexibility index (Phi) is 5.76. The first-order chi connectivity index (χ1) is 17.1. The van der Waals surface area contributed by atoms with E-state index in [0.29, 0.717) is 37.1 Å². The first-order valence-electron chi connectivity index (χ1n) is 12.4. The molecule has 4 aliphatic rings. The molecule has 2 aromatic rings. The first-order valence-corrected chi connectivity index (χ1v) is 15.4. The van der Waals surface area contributed by atoms with Crippen LogP contribution >= 0.6 is 0 Å². The summed E-state index contributed by atoms with van der Waals surface area (Å²) >= 11 is 0. The van der Waals surface area contributed by atoms with Gasteiger partial charge in [0.1, 0.15) is 12.4 Å². The molecule has 2 aliphatic carbocycles. The van der Waals surface area contributed by atoms with Gasteiger partial charge in [-0.05, 0) is 63.6 Å². The van der Waals surface area contributed by atoms with E-state index in [2.05, 4.69) is 9.97 Å². The number of hydrogen-bond acceptors (Lipinski definition) is 8. The summed E-state index contributed by atoms with van der Waals surface area (Å²) in [5.41, 5.74) is 0.479. The second kappa shape index (κ2) is 8.63. The third kappa shape index (κ3) is 4.26. The summed E-state index contributed by atoms with van der Waals surface area (Å²) in [7, 11) is -6.74. The Morgan fingerprint density at radius 1 is 0.917 bits per heavy atom. The molecule has 1 unspecified atom stereocenters. The van der Waals surface area contributed by atoms with E-state index in [1.54, 1.807) is 11.2 Å².